The molecular formula is C18H28FIN4O2. The van der Waals surface area contributed by atoms with Crippen LogP contribution in [-0.4, -0.2) is 60.2 Å². The van der Waals surface area contributed by atoms with Crippen LogP contribution in [0.25, 0.3) is 0 Å². The zero-order valence-electron chi connectivity index (χ0n) is 15.6. The van der Waals surface area contributed by atoms with Crippen molar-refractivity contribution in [1.29, 1.82) is 0 Å². The molecule has 1 saturated heterocycles. The third-order valence-corrected chi connectivity index (χ3v) is 3.84. The van der Waals surface area contributed by atoms with E-state index in [0.29, 0.717) is 45.1 Å². The van der Waals surface area contributed by atoms with Crippen molar-refractivity contribution in [3.63, 3.8) is 0 Å². The van der Waals surface area contributed by atoms with Crippen molar-refractivity contribution >= 4 is 36.0 Å². The topological polar surface area (TPSA) is 71.2 Å². The number of nitrogens with zero attached hydrogens (tertiary/aromatic N) is 3. The van der Waals surface area contributed by atoms with Crippen LogP contribution in [0.2, 0.25) is 0 Å². The number of guanidine groups is 1. The van der Waals surface area contributed by atoms with E-state index in [9.17, 15) is 9.18 Å². The van der Waals surface area contributed by atoms with Gasteiger partial charge >= 0.3 is 6.09 Å². The maximum Gasteiger partial charge on any atom is 0.410 e. The summed E-state index contributed by atoms with van der Waals surface area (Å²) in [4.78, 5) is 20.1. The van der Waals surface area contributed by atoms with Crippen LogP contribution >= 0.6 is 24.0 Å². The number of hydrogen-bond acceptors (Lipinski definition) is 3. The lowest BCUT2D eigenvalue weighted by atomic mass is 10.1. The third kappa shape index (κ3) is 7.35. The Labute approximate surface area is 171 Å². The first-order valence-corrected chi connectivity index (χ1v) is 8.52. The Hall–Kier alpha value is -1.58. The molecule has 1 aliphatic rings. The van der Waals surface area contributed by atoms with E-state index < -0.39 is 5.60 Å². The van der Waals surface area contributed by atoms with Gasteiger partial charge in [-0.2, -0.15) is 0 Å². The molecule has 8 heteroatoms. The van der Waals surface area contributed by atoms with Gasteiger partial charge < -0.3 is 20.3 Å². The van der Waals surface area contributed by atoms with Gasteiger partial charge in [0.05, 0.1) is 0 Å². The number of benzene rings is 1. The highest BCUT2D eigenvalue weighted by Crippen LogP contribution is 2.12. The molecule has 146 valence electrons. The Morgan fingerprint density at radius 3 is 2.23 bits per heavy atom. The Morgan fingerprint density at radius 2 is 1.69 bits per heavy atom. The summed E-state index contributed by atoms with van der Waals surface area (Å²) in [5, 5.41) is 0. The van der Waals surface area contributed by atoms with E-state index in [1.165, 1.54) is 12.1 Å². The molecule has 0 spiro atoms. The molecule has 0 unspecified atom stereocenters. The molecule has 1 fully saturated rings. The fraction of sp³-hybridized carbons (Fsp3) is 0.556. The molecular weight excluding hydrogens is 450 g/mol. The predicted octanol–water partition coefficient (Wildman–Crippen LogP) is 2.85. The summed E-state index contributed by atoms with van der Waals surface area (Å²) < 4.78 is 18.2. The zero-order chi connectivity index (χ0) is 18.4. The van der Waals surface area contributed by atoms with Crippen molar-refractivity contribution in [3.8, 4) is 0 Å². The first-order valence-electron chi connectivity index (χ1n) is 8.52. The van der Waals surface area contributed by atoms with Crippen LogP contribution in [0.1, 0.15) is 26.3 Å². The third-order valence-electron chi connectivity index (χ3n) is 3.84. The molecule has 2 N–H and O–H groups in total. The van der Waals surface area contributed by atoms with Crippen LogP contribution in [0, 0.1) is 5.82 Å². The van der Waals surface area contributed by atoms with Gasteiger partial charge in [-0.1, -0.05) is 12.1 Å². The SMILES string of the molecule is CC(C)(C)OC(=O)N1CCN(C(N)=NCCc2ccc(F)cc2)CC1.I. The Balaban J connectivity index is 0.00000338. The zero-order valence-corrected chi connectivity index (χ0v) is 17.9. The van der Waals surface area contributed by atoms with Crippen LogP contribution < -0.4 is 5.73 Å². The average Bonchev–Trinajstić information content (AvgIpc) is 2.55. The first-order chi connectivity index (χ1) is 11.7. The number of amides is 1. The summed E-state index contributed by atoms with van der Waals surface area (Å²) in [6.07, 6.45) is 0.415. The molecule has 0 aliphatic carbocycles. The molecule has 1 amide bonds. The molecule has 0 radical (unpaired) electrons. The number of hydrogen-bond donors (Lipinski definition) is 1. The first kappa shape index (κ1) is 22.5. The Kier molecular flexibility index (Phi) is 8.58. The fourth-order valence-corrected chi connectivity index (χ4v) is 2.50. The minimum atomic E-state index is -0.491. The smallest absolute Gasteiger partial charge is 0.410 e. The van der Waals surface area contributed by atoms with E-state index >= 15 is 0 Å². The van der Waals surface area contributed by atoms with E-state index in [1.807, 2.05) is 25.7 Å². The van der Waals surface area contributed by atoms with Gasteiger partial charge in [0.25, 0.3) is 0 Å². The molecule has 1 aliphatic heterocycles. The second-order valence-electron chi connectivity index (χ2n) is 7.07. The summed E-state index contributed by atoms with van der Waals surface area (Å²) in [6.45, 7) is 8.49. The van der Waals surface area contributed by atoms with Gasteiger partial charge in [-0.25, -0.2) is 9.18 Å². The van der Waals surface area contributed by atoms with E-state index in [0.717, 1.165) is 5.56 Å². The number of nitrogens with two attached hydrogens (primary N) is 1. The second-order valence-corrected chi connectivity index (χ2v) is 7.07. The summed E-state index contributed by atoms with van der Waals surface area (Å²) in [5.74, 6) is 0.237. The number of aliphatic imine (C=N–C) groups is 1. The minimum absolute atomic E-state index is 0. The lowest BCUT2D eigenvalue weighted by Gasteiger charge is -2.36. The van der Waals surface area contributed by atoms with Crippen molar-refractivity contribution in [2.24, 2.45) is 10.7 Å². The Morgan fingerprint density at radius 1 is 1.15 bits per heavy atom. The van der Waals surface area contributed by atoms with Gasteiger partial charge in [0.2, 0.25) is 0 Å². The predicted molar refractivity (Wildman–Crippen MR) is 111 cm³/mol. The van der Waals surface area contributed by atoms with Crippen LogP contribution in [-0.2, 0) is 11.2 Å². The number of halogens is 2. The Bertz CT molecular complexity index is 609. The summed E-state index contributed by atoms with van der Waals surface area (Å²) in [7, 11) is 0. The quantitative estimate of drug-likeness (QED) is 0.412. The van der Waals surface area contributed by atoms with E-state index in [4.69, 9.17) is 10.5 Å². The van der Waals surface area contributed by atoms with Gasteiger partial charge in [-0.15, -0.1) is 24.0 Å². The fourth-order valence-electron chi connectivity index (χ4n) is 2.50. The maximum absolute atomic E-state index is 12.9. The van der Waals surface area contributed by atoms with Crippen molar-refractivity contribution in [2.75, 3.05) is 32.7 Å². The van der Waals surface area contributed by atoms with Crippen LogP contribution in [0.4, 0.5) is 9.18 Å². The molecule has 1 heterocycles. The van der Waals surface area contributed by atoms with Gasteiger partial charge in [0.1, 0.15) is 11.4 Å². The minimum Gasteiger partial charge on any atom is -0.444 e. The van der Waals surface area contributed by atoms with E-state index in [-0.39, 0.29) is 35.9 Å². The number of piperazine rings is 1. The summed E-state index contributed by atoms with van der Waals surface area (Å²) in [6, 6.07) is 6.39. The number of rotatable bonds is 3. The molecule has 1 aromatic rings. The molecule has 26 heavy (non-hydrogen) atoms. The molecule has 0 saturated carbocycles. The second kappa shape index (κ2) is 9.94. The van der Waals surface area contributed by atoms with Gasteiger partial charge in [-0.3, -0.25) is 4.99 Å². The lowest BCUT2D eigenvalue weighted by molar-refractivity contribution is 0.0186. The summed E-state index contributed by atoms with van der Waals surface area (Å²) in [5.41, 5.74) is 6.57. The molecule has 2 rings (SSSR count). The highest BCUT2D eigenvalue weighted by molar-refractivity contribution is 14.0. The van der Waals surface area contributed by atoms with Gasteiger partial charge in [0, 0.05) is 32.7 Å². The highest BCUT2D eigenvalue weighted by Gasteiger charge is 2.26. The van der Waals surface area contributed by atoms with Crippen molar-refractivity contribution in [2.45, 2.75) is 32.8 Å². The average molecular weight is 478 g/mol. The van der Waals surface area contributed by atoms with Crippen molar-refractivity contribution in [3.05, 3.63) is 35.6 Å². The molecule has 6 nitrogen and oxygen atoms in total. The standard InChI is InChI=1S/C18H27FN4O2.HI/c1-18(2,3)25-17(24)23-12-10-22(11-13-23)16(20)21-9-8-14-4-6-15(19)7-5-14;/h4-7H,8-13H2,1-3H3,(H2,20,21);1H. The normalized spacial score (nSPS) is 15.5. The monoisotopic (exact) mass is 478 g/mol. The van der Waals surface area contributed by atoms with Gasteiger partial charge in [-0.05, 0) is 44.9 Å². The summed E-state index contributed by atoms with van der Waals surface area (Å²) >= 11 is 0. The number of carbonyl (C=O) groups is 1. The van der Waals surface area contributed by atoms with Crippen molar-refractivity contribution < 1.29 is 13.9 Å². The van der Waals surface area contributed by atoms with Crippen LogP contribution in [0.15, 0.2) is 29.3 Å². The van der Waals surface area contributed by atoms with E-state index in [2.05, 4.69) is 4.99 Å². The molecule has 0 bridgehead atoms. The van der Waals surface area contributed by atoms with Gasteiger partial charge in [0.15, 0.2) is 5.96 Å². The molecule has 0 atom stereocenters. The number of carbonyl (C=O) groups excluding carboxylic acids is 1. The molecule has 1 aromatic carbocycles. The lowest BCUT2D eigenvalue weighted by Crippen LogP contribution is -2.53. The number of ether oxygens (including phenoxy) is 1. The maximum atomic E-state index is 12.9. The molecule has 0 aromatic heterocycles. The van der Waals surface area contributed by atoms with Crippen LogP contribution in [0.3, 0.4) is 0 Å². The largest absolute Gasteiger partial charge is 0.444 e. The highest BCUT2D eigenvalue weighted by atomic mass is 127. The van der Waals surface area contributed by atoms with Crippen molar-refractivity contribution in [1.82, 2.24) is 9.80 Å². The van der Waals surface area contributed by atoms with Crippen LogP contribution in [0.5, 0.6) is 0 Å². The van der Waals surface area contributed by atoms with E-state index in [1.54, 1.807) is 17.0 Å².